The van der Waals surface area contributed by atoms with Crippen molar-refractivity contribution < 1.29 is 38.2 Å². The van der Waals surface area contributed by atoms with Crippen molar-refractivity contribution in [3.63, 3.8) is 0 Å². The lowest BCUT2D eigenvalue weighted by Gasteiger charge is -2.36. The third-order valence-corrected chi connectivity index (χ3v) is 14.2. The summed E-state index contributed by atoms with van der Waals surface area (Å²) in [5, 5.41) is 5.41. The van der Waals surface area contributed by atoms with Crippen LogP contribution in [0.4, 0.5) is 15.3 Å². The number of alkyl carbamates (subject to hydrolysis) is 2. The number of hydrogen-bond acceptors (Lipinski definition) is 11. The van der Waals surface area contributed by atoms with Crippen LogP contribution in [0.2, 0.25) is 25.7 Å². The molecule has 1 aromatic carbocycles. The number of hydrogen-bond donors (Lipinski definition) is 3. The summed E-state index contributed by atoms with van der Waals surface area (Å²) in [6.45, 7) is 18.9. The van der Waals surface area contributed by atoms with E-state index in [0.29, 0.717) is 70.5 Å². The van der Waals surface area contributed by atoms with Crippen LogP contribution in [-0.4, -0.2) is 144 Å². The maximum absolute atomic E-state index is 14.0. The van der Waals surface area contributed by atoms with Gasteiger partial charge in [0.25, 0.3) is 5.91 Å². The van der Waals surface area contributed by atoms with Crippen molar-refractivity contribution in [1.82, 2.24) is 44.9 Å². The smallest absolute Gasteiger partial charge is 0.407 e. The molecule has 3 aliphatic heterocycles. The SMILES string of the molecule is COC(=O)N[C@H](C(=O)N1CCC[C@H]1c1ncc(C(=O)N2CCN(c3ccc(-c4cnc([C@@H]5CCCN5C(=O)[C@@H](NC(=O)OC)C(C)C)n4COCC[Si](C)(C)C)cc3)CC2)[nH]1)C(C)C. The molecule has 0 radical (unpaired) electrons. The molecule has 3 aromatic rings. The van der Waals surface area contributed by atoms with E-state index in [1.54, 1.807) is 11.1 Å². The van der Waals surface area contributed by atoms with Crippen molar-refractivity contribution >= 4 is 43.7 Å². The Morgan fingerprint density at radius 3 is 1.88 bits per heavy atom. The molecular weight excluding hydrogens is 837 g/mol. The van der Waals surface area contributed by atoms with Crippen LogP contribution < -0.4 is 15.5 Å². The number of nitrogens with zero attached hydrogens (tertiary/aromatic N) is 7. The second kappa shape index (κ2) is 21.0. The summed E-state index contributed by atoms with van der Waals surface area (Å²) in [4.78, 5) is 85.8. The number of aromatic nitrogens is 4. The predicted octanol–water partition coefficient (Wildman–Crippen LogP) is 5.64. The average molecular weight is 905 g/mol. The molecule has 0 spiro atoms. The summed E-state index contributed by atoms with van der Waals surface area (Å²) in [6.07, 6.45) is 5.15. The van der Waals surface area contributed by atoms with Crippen molar-refractivity contribution in [3.8, 4) is 11.3 Å². The van der Waals surface area contributed by atoms with Crippen LogP contribution in [0.3, 0.4) is 0 Å². The number of nitrogens with one attached hydrogen (secondary N) is 3. The van der Waals surface area contributed by atoms with Crippen LogP contribution in [-0.2, 0) is 30.5 Å². The first-order valence-corrected chi connectivity index (χ1v) is 26.3. The zero-order valence-corrected chi connectivity index (χ0v) is 40.0. The van der Waals surface area contributed by atoms with E-state index in [1.807, 2.05) is 43.7 Å². The standard InChI is InChI=1S/C45H68N10O8Si/c1-29(2)37(49-44(59)61-5)42(57)53-18-10-12-34(53)39-46-26-33(48-39)41(56)52-22-20-51(21-23-52)32-16-14-31(15-17-32)36-27-47-40(55(36)28-63-24-25-64(7,8)9)35-13-11-19-54(35)43(58)38(30(3)4)50-45(60)62-6/h14-17,26-27,29-30,34-35,37-38H,10-13,18-25,28H2,1-9H3,(H,46,48)(H,49,59)(H,50,60)/t34-,35-,37-,38-/m0/s1. The number of methoxy groups -OCH3 is 2. The molecule has 19 heteroatoms. The number of H-pyrrole nitrogens is 1. The van der Waals surface area contributed by atoms with Gasteiger partial charge in [-0.25, -0.2) is 19.6 Å². The minimum absolute atomic E-state index is 0.142. The van der Waals surface area contributed by atoms with Gasteiger partial charge in [0.15, 0.2) is 0 Å². The lowest BCUT2D eigenvalue weighted by molar-refractivity contribution is -0.136. The zero-order valence-electron chi connectivity index (χ0n) is 39.0. The van der Waals surface area contributed by atoms with Crippen molar-refractivity contribution in [1.29, 1.82) is 0 Å². The highest BCUT2D eigenvalue weighted by Crippen LogP contribution is 2.36. The Balaban J connectivity index is 1.12. The fourth-order valence-electron chi connectivity index (χ4n) is 8.72. The van der Waals surface area contributed by atoms with Gasteiger partial charge in [-0.05, 0) is 61.3 Å². The number of carbonyl (C=O) groups excluding carboxylic acids is 5. The molecule has 4 atom stereocenters. The van der Waals surface area contributed by atoms with Gasteiger partial charge in [-0.3, -0.25) is 14.4 Å². The Labute approximate surface area is 377 Å². The van der Waals surface area contributed by atoms with Crippen molar-refractivity contribution in [2.75, 3.05) is 65.0 Å². The maximum Gasteiger partial charge on any atom is 0.407 e. The Bertz CT molecular complexity index is 2090. The molecule has 0 bridgehead atoms. The van der Waals surface area contributed by atoms with E-state index in [4.69, 9.17) is 19.2 Å². The molecule has 350 valence electrons. The first kappa shape index (κ1) is 48.0. The van der Waals surface area contributed by atoms with Gasteiger partial charge in [0, 0.05) is 59.6 Å². The van der Waals surface area contributed by atoms with Gasteiger partial charge in [-0.15, -0.1) is 0 Å². The Hall–Kier alpha value is -5.43. The lowest BCUT2D eigenvalue weighted by Crippen LogP contribution is -2.51. The number of imidazole rings is 2. The first-order valence-electron chi connectivity index (χ1n) is 22.6. The summed E-state index contributed by atoms with van der Waals surface area (Å²) < 4.78 is 18.0. The highest BCUT2D eigenvalue weighted by atomic mass is 28.3. The monoisotopic (exact) mass is 904 g/mol. The number of anilines is 1. The molecule has 0 unspecified atom stereocenters. The third kappa shape index (κ3) is 11.3. The lowest BCUT2D eigenvalue weighted by atomic mass is 10.0. The number of benzene rings is 1. The number of rotatable bonds is 16. The largest absolute Gasteiger partial charge is 0.453 e. The highest BCUT2D eigenvalue weighted by molar-refractivity contribution is 6.76. The van der Waals surface area contributed by atoms with Gasteiger partial charge in [0.05, 0.1) is 44.4 Å². The molecular formula is C45H68N10O8Si. The minimum Gasteiger partial charge on any atom is -0.453 e. The molecule has 5 amide bonds. The molecule has 64 heavy (non-hydrogen) atoms. The van der Waals surface area contributed by atoms with Gasteiger partial charge < -0.3 is 54.0 Å². The summed E-state index contributed by atoms with van der Waals surface area (Å²) in [6, 6.07) is 7.27. The molecule has 0 aliphatic carbocycles. The molecule has 6 rings (SSSR count). The van der Waals surface area contributed by atoms with Crippen LogP contribution in [0.5, 0.6) is 0 Å². The fraction of sp³-hybridized carbons (Fsp3) is 0.622. The van der Waals surface area contributed by atoms with E-state index < -0.39 is 32.3 Å². The first-order chi connectivity index (χ1) is 30.5. The molecule has 0 saturated carbocycles. The topological polar surface area (TPSA) is 197 Å². The third-order valence-electron chi connectivity index (χ3n) is 12.5. The average Bonchev–Trinajstić information content (AvgIpc) is 4.12. The molecule has 3 aliphatic rings. The van der Waals surface area contributed by atoms with Gasteiger partial charge >= 0.3 is 12.2 Å². The quantitative estimate of drug-likeness (QED) is 0.119. The van der Waals surface area contributed by atoms with Gasteiger partial charge in [0.1, 0.15) is 36.2 Å². The molecule has 2 aromatic heterocycles. The number of piperazine rings is 1. The molecule has 3 fully saturated rings. The second-order valence-corrected chi connectivity index (χ2v) is 24.5. The summed E-state index contributed by atoms with van der Waals surface area (Å²) in [7, 11) is 1.23. The molecule has 3 N–H and O–H groups in total. The van der Waals surface area contributed by atoms with Gasteiger partial charge in [0.2, 0.25) is 11.8 Å². The molecule has 5 heterocycles. The Morgan fingerprint density at radius 2 is 1.33 bits per heavy atom. The summed E-state index contributed by atoms with van der Waals surface area (Å²) >= 11 is 0. The van der Waals surface area contributed by atoms with Crippen LogP contribution in [0.25, 0.3) is 11.3 Å². The van der Waals surface area contributed by atoms with E-state index in [1.165, 1.54) is 14.2 Å². The van der Waals surface area contributed by atoms with E-state index in [2.05, 4.69) is 74.0 Å². The molecule has 3 saturated heterocycles. The summed E-state index contributed by atoms with van der Waals surface area (Å²) in [5.41, 5.74) is 3.27. The van der Waals surface area contributed by atoms with E-state index in [9.17, 15) is 24.0 Å². The zero-order chi connectivity index (χ0) is 46.3. The van der Waals surface area contributed by atoms with Crippen LogP contribution >= 0.6 is 0 Å². The van der Waals surface area contributed by atoms with Crippen LogP contribution in [0, 0.1) is 11.8 Å². The maximum atomic E-state index is 14.0. The van der Waals surface area contributed by atoms with Gasteiger partial charge in [-0.1, -0.05) is 59.5 Å². The van der Waals surface area contributed by atoms with Crippen molar-refractivity contribution in [2.24, 2.45) is 11.8 Å². The van der Waals surface area contributed by atoms with Crippen LogP contribution in [0.15, 0.2) is 36.7 Å². The fourth-order valence-corrected chi connectivity index (χ4v) is 9.48. The highest BCUT2D eigenvalue weighted by Gasteiger charge is 2.40. The van der Waals surface area contributed by atoms with Crippen molar-refractivity contribution in [2.45, 2.75) is 110 Å². The summed E-state index contributed by atoms with van der Waals surface area (Å²) in [5.74, 6) is 0.515. The Kier molecular flexibility index (Phi) is 15.8. The predicted molar refractivity (Wildman–Crippen MR) is 244 cm³/mol. The second-order valence-electron chi connectivity index (χ2n) is 18.9. The minimum atomic E-state index is -1.34. The number of aromatic amines is 1. The van der Waals surface area contributed by atoms with Crippen molar-refractivity contribution in [3.05, 3.63) is 54.0 Å². The number of likely N-dealkylation sites (tertiary alicyclic amines) is 2. The number of ether oxygens (including phenoxy) is 3. The van der Waals surface area contributed by atoms with Crippen LogP contribution in [0.1, 0.15) is 87.6 Å². The molecule has 18 nitrogen and oxygen atoms in total. The van der Waals surface area contributed by atoms with Gasteiger partial charge in [-0.2, -0.15) is 0 Å². The van der Waals surface area contributed by atoms with E-state index in [0.717, 1.165) is 48.1 Å². The number of amides is 5. The Morgan fingerprint density at radius 1 is 0.766 bits per heavy atom. The number of carbonyl (C=O) groups is 5. The normalized spacial score (nSPS) is 19.0. The van der Waals surface area contributed by atoms with E-state index >= 15 is 0 Å². The van der Waals surface area contributed by atoms with E-state index in [-0.39, 0.29) is 41.6 Å².